The van der Waals surface area contributed by atoms with E-state index in [0.29, 0.717) is 10.1 Å². The van der Waals surface area contributed by atoms with Crippen molar-refractivity contribution in [2.24, 2.45) is 17.4 Å². The lowest BCUT2D eigenvalue weighted by atomic mass is 10.1. The molecule has 0 spiro atoms. The van der Waals surface area contributed by atoms with Gasteiger partial charge in [0.25, 0.3) is 0 Å². The Balaban J connectivity index is 1.85. The van der Waals surface area contributed by atoms with Gasteiger partial charge in [-0.15, -0.1) is 11.3 Å². The summed E-state index contributed by atoms with van der Waals surface area (Å²) in [5.41, 5.74) is 10.6. The van der Waals surface area contributed by atoms with Gasteiger partial charge in [0.15, 0.2) is 17.4 Å². The average Bonchev–Trinajstić information content (AvgIpc) is 3.17. The van der Waals surface area contributed by atoms with Crippen LogP contribution in [0.4, 0.5) is 8.78 Å². The molecule has 2 aromatic carbocycles. The molecule has 35 heavy (non-hydrogen) atoms. The van der Waals surface area contributed by atoms with Crippen molar-refractivity contribution in [2.75, 3.05) is 6.79 Å². The third kappa shape index (κ3) is 5.87. The summed E-state index contributed by atoms with van der Waals surface area (Å²) in [6, 6.07) is 5.53. The summed E-state index contributed by atoms with van der Waals surface area (Å²) in [7, 11) is 0. The molecule has 1 unspecified atom stereocenters. The van der Waals surface area contributed by atoms with E-state index in [1.807, 2.05) is 0 Å². The SMILES string of the molecule is CC(C)C(N)C(=O)OCOC(=O)c1sc2cccc(Cl)c2c1COc1c(F)cc(C(N)=O)cc1F. The van der Waals surface area contributed by atoms with E-state index in [0.717, 1.165) is 23.5 Å². The zero-order chi connectivity index (χ0) is 25.9. The highest BCUT2D eigenvalue weighted by Gasteiger charge is 2.25. The molecule has 12 heteroatoms. The van der Waals surface area contributed by atoms with Gasteiger partial charge in [0, 0.05) is 26.2 Å². The Bertz CT molecular complexity index is 1270. The van der Waals surface area contributed by atoms with Crippen LogP contribution in [0.1, 0.15) is 39.4 Å². The summed E-state index contributed by atoms with van der Waals surface area (Å²) < 4.78 is 44.6. The fourth-order valence-corrected chi connectivity index (χ4v) is 4.50. The smallest absolute Gasteiger partial charge is 0.351 e. The van der Waals surface area contributed by atoms with Crippen LogP contribution in [0.15, 0.2) is 30.3 Å². The van der Waals surface area contributed by atoms with Crippen LogP contribution in [-0.2, 0) is 20.9 Å². The number of carbonyl (C=O) groups excluding carboxylic acids is 3. The third-order valence-electron chi connectivity index (χ3n) is 4.97. The highest BCUT2D eigenvalue weighted by molar-refractivity contribution is 7.21. The van der Waals surface area contributed by atoms with Crippen molar-refractivity contribution in [3.63, 3.8) is 0 Å². The van der Waals surface area contributed by atoms with Crippen LogP contribution in [0, 0.1) is 17.6 Å². The van der Waals surface area contributed by atoms with E-state index in [4.69, 9.17) is 37.3 Å². The van der Waals surface area contributed by atoms with Crippen LogP contribution in [0.2, 0.25) is 5.02 Å². The highest BCUT2D eigenvalue weighted by Crippen LogP contribution is 2.37. The number of ether oxygens (including phenoxy) is 3. The molecule has 1 aromatic heterocycles. The number of benzene rings is 2. The maximum absolute atomic E-state index is 14.4. The van der Waals surface area contributed by atoms with Crippen LogP contribution in [0.3, 0.4) is 0 Å². The van der Waals surface area contributed by atoms with Gasteiger partial charge in [-0.1, -0.05) is 31.5 Å². The lowest BCUT2D eigenvalue weighted by molar-refractivity contribution is -0.154. The molecule has 1 heterocycles. The standard InChI is InChI=1S/C23H21ClF2N2O6S/c1-10(2)18(27)22(30)33-9-34-23(31)20-12(17-13(24)4-3-5-16(17)35-20)8-32-19-14(25)6-11(21(28)29)7-15(19)26/h3-7,10,18H,8-9,27H2,1-2H3,(H2,28,29). The number of esters is 2. The maximum atomic E-state index is 14.4. The number of rotatable bonds is 9. The molecule has 1 amide bonds. The van der Waals surface area contributed by atoms with Crippen LogP contribution in [0.5, 0.6) is 5.75 Å². The van der Waals surface area contributed by atoms with Crippen molar-refractivity contribution >= 4 is 50.9 Å². The molecule has 0 saturated heterocycles. The van der Waals surface area contributed by atoms with Crippen molar-refractivity contribution < 1.29 is 37.4 Å². The molecule has 3 aromatic rings. The van der Waals surface area contributed by atoms with E-state index in [-0.39, 0.29) is 26.9 Å². The number of hydrogen-bond acceptors (Lipinski definition) is 8. The largest absolute Gasteiger partial charge is 0.483 e. The third-order valence-corrected chi connectivity index (χ3v) is 6.47. The number of fused-ring (bicyclic) bond motifs is 1. The Morgan fingerprint density at radius 2 is 1.77 bits per heavy atom. The van der Waals surface area contributed by atoms with Gasteiger partial charge in [-0.05, 0) is 30.2 Å². The quantitative estimate of drug-likeness (QED) is 0.316. The van der Waals surface area contributed by atoms with E-state index in [1.165, 1.54) is 0 Å². The summed E-state index contributed by atoms with van der Waals surface area (Å²) >= 11 is 7.32. The number of halogens is 3. The lowest BCUT2D eigenvalue weighted by Gasteiger charge is -2.14. The average molecular weight is 527 g/mol. The molecule has 3 rings (SSSR count). The molecule has 186 valence electrons. The van der Waals surface area contributed by atoms with Gasteiger partial charge in [0.1, 0.15) is 17.5 Å². The molecule has 1 atom stereocenters. The van der Waals surface area contributed by atoms with Crippen molar-refractivity contribution in [1.29, 1.82) is 0 Å². The zero-order valence-corrected chi connectivity index (χ0v) is 20.2. The van der Waals surface area contributed by atoms with E-state index >= 15 is 0 Å². The van der Waals surface area contributed by atoms with E-state index in [2.05, 4.69) is 0 Å². The summed E-state index contributed by atoms with van der Waals surface area (Å²) in [5.74, 6) is -5.85. The Morgan fingerprint density at radius 3 is 2.37 bits per heavy atom. The van der Waals surface area contributed by atoms with Gasteiger partial charge in [0.2, 0.25) is 12.7 Å². The Morgan fingerprint density at radius 1 is 1.11 bits per heavy atom. The van der Waals surface area contributed by atoms with Gasteiger partial charge in [-0.2, -0.15) is 0 Å². The number of hydrogen-bond donors (Lipinski definition) is 2. The number of nitrogens with two attached hydrogens (primary N) is 2. The van der Waals surface area contributed by atoms with E-state index < -0.39 is 54.7 Å². The molecule has 0 fully saturated rings. The molecule has 8 nitrogen and oxygen atoms in total. The zero-order valence-electron chi connectivity index (χ0n) is 18.6. The predicted octanol–water partition coefficient (Wildman–Crippen LogP) is 4.15. The normalized spacial score (nSPS) is 12.0. The summed E-state index contributed by atoms with van der Waals surface area (Å²) in [4.78, 5) is 35.9. The van der Waals surface area contributed by atoms with Crippen LogP contribution < -0.4 is 16.2 Å². The van der Waals surface area contributed by atoms with Gasteiger partial charge < -0.3 is 25.7 Å². The molecule has 0 bridgehead atoms. The number of primary amides is 1. The van der Waals surface area contributed by atoms with Gasteiger partial charge >= 0.3 is 11.9 Å². The molecular weight excluding hydrogens is 506 g/mol. The second kappa shape index (κ2) is 11.0. The second-order valence-electron chi connectivity index (χ2n) is 7.73. The first-order chi connectivity index (χ1) is 16.5. The molecule has 4 N–H and O–H groups in total. The Kier molecular flexibility index (Phi) is 8.26. The first-order valence-electron chi connectivity index (χ1n) is 10.2. The minimum Gasteiger partial charge on any atom is -0.483 e. The van der Waals surface area contributed by atoms with E-state index in [9.17, 15) is 23.2 Å². The van der Waals surface area contributed by atoms with Gasteiger partial charge in [-0.3, -0.25) is 9.59 Å². The van der Waals surface area contributed by atoms with Crippen LogP contribution >= 0.6 is 22.9 Å². The fraction of sp³-hybridized carbons (Fsp3) is 0.261. The summed E-state index contributed by atoms with van der Waals surface area (Å²) in [5, 5.41) is 0.704. The van der Waals surface area contributed by atoms with Crippen molar-refractivity contribution in [1.82, 2.24) is 0 Å². The predicted molar refractivity (Wildman–Crippen MR) is 125 cm³/mol. The van der Waals surface area contributed by atoms with Gasteiger partial charge in [0.05, 0.1) is 0 Å². The van der Waals surface area contributed by atoms with Crippen molar-refractivity contribution in [2.45, 2.75) is 26.5 Å². The maximum Gasteiger partial charge on any atom is 0.351 e. The lowest BCUT2D eigenvalue weighted by Crippen LogP contribution is -2.37. The molecule has 0 aliphatic heterocycles. The molecule has 0 aliphatic carbocycles. The monoisotopic (exact) mass is 526 g/mol. The highest BCUT2D eigenvalue weighted by atomic mass is 35.5. The summed E-state index contributed by atoms with van der Waals surface area (Å²) in [6.45, 7) is 2.32. The second-order valence-corrected chi connectivity index (χ2v) is 9.19. The minimum absolute atomic E-state index is 0.0341. The molecule has 0 aliphatic rings. The fourth-order valence-electron chi connectivity index (χ4n) is 3.03. The van der Waals surface area contributed by atoms with Crippen molar-refractivity contribution in [3.8, 4) is 5.75 Å². The number of thiophene rings is 1. The van der Waals surface area contributed by atoms with Gasteiger partial charge in [-0.25, -0.2) is 13.6 Å². The van der Waals surface area contributed by atoms with Crippen LogP contribution in [-0.4, -0.2) is 30.7 Å². The molecular formula is C23H21ClF2N2O6S. The molecule has 0 saturated carbocycles. The van der Waals surface area contributed by atoms with E-state index in [1.54, 1.807) is 32.0 Å². The number of carbonyl (C=O) groups is 3. The first-order valence-corrected chi connectivity index (χ1v) is 11.4. The number of amides is 1. The van der Waals surface area contributed by atoms with Crippen LogP contribution in [0.25, 0.3) is 10.1 Å². The van der Waals surface area contributed by atoms with Crippen molar-refractivity contribution in [3.05, 3.63) is 63.0 Å². The first kappa shape index (κ1) is 26.3. The topological polar surface area (TPSA) is 131 Å². The Labute approximate surface area is 207 Å². The molecule has 0 radical (unpaired) electrons. The summed E-state index contributed by atoms with van der Waals surface area (Å²) in [6.07, 6.45) is 0. The Hall–Kier alpha value is -3.28. The minimum atomic E-state index is -1.15.